The van der Waals surface area contributed by atoms with Crippen LogP contribution in [0.4, 0.5) is 10.2 Å². The number of halogens is 1. The van der Waals surface area contributed by atoms with Crippen molar-refractivity contribution in [2.75, 3.05) is 5.32 Å². The first-order chi connectivity index (χ1) is 15.1. The van der Waals surface area contributed by atoms with Crippen LogP contribution in [0.15, 0.2) is 43.0 Å². The van der Waals surface area contributed by atoms with Crippen molar-refractivity contribution in [3.05, 3.63) is 48.8 Å². The lowest BCUT2D eigenvalue weighted by molar-refractivity contribution is -0.145. The highest BCUT2D eigenvalue weighted by Crippen LogP contribution is 2.42. The molecule has 3 N–H and O–H groups in total. The SMILES string of the molecule is O=C(O)[C@H]1C2C=CC(CC2)[C@@H]1Nc1cc2nncn2c(-c2c[nH]c3ncc(F)cc23)n1. The van der Waals surface area contributed by atoms with Gasteiger partial charge in [0.1, 0.15) is 23.6 Å². The number of pyridine rings is 1. The molecule has 1 saturated carbocycles. The zero-order valence-electron chi connectivity index (χ0n) is 16.2. The van der Waals surface area contributed by atoms with Crippen LogP contribution in [-0.4, -0.2) is 46.7 Å². The number of carbonyl (C=O) groups is 1. The molecule has 4 heterocycles. The number of hydrogen-bond donors (Lipinski definition) is 3. The first kappa shape index (κ1) is 18.0. The third-order valence-electron chi connectivity index (χ3n) is 6.38. The van der Waals surface area contributed by atoms with Gasteiger partial charge < -0.3 is 15.4 Å². The first-order valence-corrected chi connectivity index (χ1v) is 10.1. The van der Waals surface area contributed by atoms with Gasteiger partial charge in [0.25, 0.3) is 0 Å². The lowest BCUT2D eigenvalue weighted by atomic mass is 9.66. The van der Waals surface area contributed by atoms with Crippen molar-refractivity contribution >= 4 is 28.5 Å². The molecule has 156 valence electrons. The molecule has 3 aliphatic rings. The van der Waals surface area contributed by atoms with Gasteiger partial charge in [-0.3, -0.25) is 9.20 Å². The highest BCUT2D eigenvalue weighted by atomic mass is 19.1. The summed E-state index contributed by atoms with van der Waals surface area (Å²) in [5.74, 6) is -0.626. The Hall–Kier alpha value is -3.82. The van der Waals surface area contributed by atoms with E-state index in [-0.39, 0.29) is 17.9 Å². The van der Waals surface area contributed by atoms with E-state index in [1.54, 1.807) is 23.0 Å². The lowest BCUT2D eigenvalue weighted by Gasteiger charge is -2.43. The molecule has 0 amide bonds. The molecule has 0 aliphatic heterocycles. The van der Waals surface area contributed by atoms with Crippen LogP contribution in [0.5, 0.6) is 0 Å². The maximum Gasteiger partial charge on any atom is 0.309 e. The lowest BCUT2D eigenvalue weighted by Crippen LogP contribution is -2.49. The number of aliphatic carboxylic acids is 1. The molecule has 3 aliphatic carbocycles. The molecule has 7 rings (SSSR count). The number of aromatic amines is 1. The molecule has 4 aromatic heterocycles. The Morgan fingerprint density at radius 2 is 2.10 bits per heavy atom. The normalized spacial score (nSPS) is 24.8. The van der Waals surface area contributed by atoms with Crippen LogP contribution in [0.3, 0.4) is 0 Å². The average molecular weight is 419 g/mol. The highest BCUT2D eigenvalue weighted by Gasteiger charge is 2.45. The van der Waals surface area contributed by atoms with Crippen molar-refractivity contribution < 1.29 is 14.3 Å². The van der Waals surface area contributed by atoms with Gasteiger partial charge in [-0.25, -0.2) is 14.4 Å². The molecule has 1 fully saturated rings. The smallest absolute Gasteiger partial charge is 0.309 e. The molecule has 0 saturated heterocycles. The largest absolute Gasteiger partial charge is 0.481 e. The van der Waals surface area contributed by atoms with E-state index in [1.165, 1.54) is 6.07 Å². The van der Waals surface area contributed by atoms with Crippen LogP contribution >= 0.6 is 0 Å². The van der Waals surface area contributed by atoms with Gasteiger partial charge in [0, 0.05) is 29.3 Å². The summed E-state index contributed by atoms with van der Waals surface area (Å²) in [5.41, 5.74) is 1.74. The van der Waals surface area contributed by atoms with Crippen molar-refractivity contribution in [3.8, 4) is 11.4 Å². The molecule has 0 radical (unpaired) electrons. The van der Waals surface area contributed by atoms with Gasteiger partial charge in [0.15, 0.2) is 11.5 Å². The molecule has 4 atom stereocenters. The maximum atomic E-state index is 13.9. The van der Waals surface area contributed by atoms with Gasteiger partial charge in [-0.2, -0.15) is 0 Å². The van der Waals surface area contributed by atoms with E-state index in [0.717, 1.165) is 19.0 Å². The van der Waals surface area contributed by atoms with E-state index in [2.05, 4.69) is 31.6 Å². The van der Waals surface area contributed by atoms with Crippen molar-refractivity contribution in [2.24, 2.45) is 17.8 Å². The Kier molecular flexibility index (Phi) is 3.83. The van der Waals surface area contributed by atoms with E-state index in [1.807, 2.05) is 6.08 Å². The van der Waals surface area contributed by atoms with Crippen LogP contribution in [0.2, 0.25) is 0 Å². The minimum Gasteiger partial charge on any atom is -0.481 e. The van der Waals surface area contributed by atoms with Crippen LogP contribution in [-0.2, 0) is 4.79 Å². The van der Waals surface area contributed by atoms with Crippen molar-refractivity contribution in [1.29, 1.82) is 0 Å². The van der Waals surface area contributed by atoms with Crippen molar-refractivity contribution in [2.45, 2.75) is 18.9 Å². The summed E-state index contributed by atoms with van der Waals surface area (Å²) in [6.07, 6.45) is 10.4. The van der Waals surface area contributed by atoms with Crippen LogP contribution in [0.25, 0.3) is 28.1 Å². The van der Waals surface area contributed by atoms with Gasteiger partial charge in [-0.05, 0) is 30.7 Å². The molecule has 2 unspecified atom stereocenters. The summed E-state index contributed by atoms with van der Waals surface area (Å²) < 4.78 is 15.6. The van der Waals surface area contributed by atoms with Gasteiger partial charge in [-0.1, -0.05) is 12.2 Å². The topological polar surface area (TPSA) is 121 Å². The third kappa shape index (κ3) is 2.78. The number of nitrogens with one attached hydrogen (secondary N) is 2. The number of allylic oxidation sites excluding steroid dienone is 1. The second kappa shape index (κ2) is 6.59. The van der Waals surface area contributed by atoms with Gasteiger partial charge in [-0.15, -0.1) is 10.2 Å². The number of carboxylic acids is 1. The highest BCUT2D eigenvalue weighted by molar-refractivity contribution is 5.92. The summed E-state index contributed by atoms with van der Waals surface area (Å²) in [5, 5.41) is 21.9. The molecule has 0 spiro atoms. The second-order valence-electron chi connectivity index (χ2n) is 8.10. The predicted octanol–water partition coefficient (Wildman–Crippen LogP) is 2.88. The summed E-state index contributed by atoms with van der Waals surface area (Å²) in [4.78, 5) is 23.8. The van der Waals surface area contributed by atoms with Crippen molar-refractivity contribution in [1.82, 2.24) is 29.5 Å². The van der Waals surface area contributed by atoms with Gasteiger partial charge in [0.2, 0.25) is 0 Å². The molecule has 31 heavy (non-hydrogen) atoms. The summed E-state index contributed by atoms with van der Waals surface area (Å²) in [6, 6.07) is 2.88. The first-order valence-electron chi connectivity index (χ1n) is 10.1. The Morgan fingerprint density at radius 1 is 1.26 bits per heavy atom. The molecule has 10 heteroatoms. The van der Waals surface area contributed by atoms with E-state index >= 15 is 0 Å². The zero-order valence-corrected chi connectivity index (χ0v) is 16.2. The number of fused-ring (bicyclic) bond motifs is 4. The molecule has 2 bridgehead atoms. The zero-order chi connectivity index (χ0) is 21.1. The van der Waals surface area contributed by atoms with Crippen molar-refractivity contribution in [3.63, 3.8) is 0 Å². The number of H-pyrrole nitrogens is 1. The van der Waals surface area contributed by atoms with E-state index in [0.29, 0.717) is 33.9 Å². The minimum atomic E-state index is -0.807. The van der Waals surface area contributed by atoms with Crippen LogP contribution in [0, 0.1) is 23.6 Å². The minimum absolute atomic E-state index is 0.0129. The second-order valence-corrected chi connectivity index (χ2v) is 8.10. The fourth-order valence-electron chi connectivity index (χ4n) is 4.95. The summed E-state index contributed by atoms with van der Waals surface area (Å²) in [7, 11) is 0. The number of nitrogens with zero attached hydrogens (tertiary/aromatic N) is 5. The van der Waals surface area contributed by atoms with E-state index in [9.17, 15) is 14.3 Å². The fraction of sp³-hybridized carbons (Fsp3) is 0.286. The monoisotopic (exact) mass is 419 g/mol. The molecule has 4 aromatic rings. The van der Waals surface area contributed by atoms with Gasteiger partial charge in [0.05, 0.1) is 12.1 Å². The Bertz CT molecular complexity index is 1360. The maximum absolute atomic E-state index is 13.9. The molecular formula is C21H18FN7O2. The third-order valence-corrected chi connectivity index (χ3v) is 6.38. The van der Waals surface area contributed by atoms with Crippen LogP contribution in [0.1, 0.15) is 12.8 Å². The summed E-state index contributed by atoms with van der Waals surface area (Å²) in [6.45, 7) is 0. The molecular weight excluding hydrogens is 401 g/mol. The van der Waals surface area contributed by atoms with E-state index in [4.69, 9.17) is 4.98 Å². The quantitative estimate of drug-likeness (QED) is 0.435. The Morgan fingerprint density at radius 3 is 2.90 bits per heavy atom. The Labute approximate surface area is 175 Å². The number of aromatic nitrogens is 6. The van der Waals surface area contributed by atoms with Crippen LogP contribution < -0.4 is 5.32 Å². The van der Waals surface area contributed by atoms with Gasteiger partial charge >= 0.3 is 5.97 Å². The molecule has 9 nitrogen and oxygen atoms in total. The molecule has 0 aromatic carbocycles. The number of rotatable bonds is 4. The summed E-state index contributed by atoms with van der Waals surface area (Å²) >= 11 is 0. The average Bonchev–Trinajstić information content (AvgIpc) is 3.40. The fourth-order valence-corrected chi connectivity index (χ4v) is 4.95. The van der Waals surface area contributed by atoms with E-state index < -0.39 is 17.7 Å². The number of carboxylic acid groups (broad SMARTS) is 1. The predicted molar refractivity (Wildman–Crippen MR) is 110 cm³/mol. The number of hydrogen-bond acceptors (Lipinski definition) is 6. The standard InChI is InChI=1S/C21H18FN7O2/c22-12-5-13-14(8-24-19(13)23-7-12)20-27-15(6-16-28-25-9-29(16)20)26-18-11-3-1-10(2-4-11)17(18)21(30)31/h1,3,5-11,17-18,26H,2,4H2,(H,23,24)(H,30,31)/t10?,11?,17-,18-/m0/s1. The number of anilines is 1. The Balaban J connectivity index is 1.46.